The number of fused-ring (bicyclic) bond motifs is 1. The van der Waals surface area contributed by atoms with E-state index in [1.165, 1.54) is 18.7 Å². The summed E-state index contributed by atoms with van der Waals surface area (Å²) in [7, 11) is 1.93. The molecule has 184 valence electrons. The van der Waals surface area contributed by atoms with E-state index >= 15 is 0 Å². The molecule has 1 aromatic heterocycles. The molecule has 0 atom stereocenters. The van der Waals surface area contributed by atoms with Gasteiger partial charge in [0.2, 0.25) is 0 Å². The van der Waals surface area contributed by atoms with Gasteiger partial charge in [0.15, 0.2) is 0 Å². The topological polar surface area (TPSA) is 94.2 Å². The van der Waals surface area contributed by atoms with Crippen LogP contribution in [0, 0.1) is 11.3 Å². The summed E-state index contributed by atoms with van der Waals surface area (Å²) >= 11 is 0. The molecule has 1 saturated heterocycles. The van der Waals surface area contributed by atoms with Gasteiger partial charge in [0.25, 0.3) is 0 Å². The van der Waals surface area contributed by atoms with Gasteiger partial charge in [0.05, 0.1) is 28.2 Å². The van der Waals surface area contributed by atoms with Crippen molar-refractivity contribution in [3.63, 3.8) is 0 Å². The van der Waals surface area contributed by atoms with Crippen molar-refractivity contribution >= 4 is 17.0 Å². The largest absolute Gasteiger partial charge is 0.478 e. The van der Waals surface area contributed by atoms with E-state index in [1.54, 1.807) is 18.2 Å². The quantitative estimate of drug-likeness (QED) is 0.432. The molecule has 36 heavy (non-hydrogen) atoms. The highest BCUT2D eigenvalue weighted by Gasteiger charge is 2.11. The first-order valence-corrected chi connectivity index (χ1v) is 12.2. The zero-order valence-corrected chi connectivity index (χ0v) is 20.5. The van der Waals surface area contributed by atoms with E-state index in [0.717, 1.165) is 49.4 Å². The molecule has 7 heteroatoms. The second-order valence-electron chi connectivity index (χ2n) is 8.92. The molecule has 0 bridgehead atoms. The van der Waals surface area contributed by atoms with Gasteiger partial charge in [-0.05, 0) is 47.9 Å². The van der Waals surface area contributed by atoms with Crippen LogP contribution in [-0.2, 0) is 26.4 Å². The van der Waals surface area contributed by atoms with Crippen LogP contribution in [0.4, 0.5) is 0 Å². The lowest BCUT2D eigenvalue weighted by atomic mass is 10.1. The minimum absolute atomic E-state index is 0.245. The van der Waals surface area contributed by atoms with Gasteiger partial charge in [0.1, 0.15) is 5.82 Å². The Morgan fingerprint density at radius 2 is 1.72 bits per heavy atom. The number of aryl methyl sites for hydroxylation is 3. The standard InChI is InChI=1S/C18H15N3O2.C11H16N2/c1-21-16-8-7-14(18(22)23)10-15(16)20-17(21)9-6-12-2-4-13(11-19)5-3-12;1-2-4-11(5-3-1)10-13-8-6-12-7-9-13/h2-5,7-8,10H,6,9H2,1H3,(H,22,23);1-5,12H,6-10H2. The molecule has 0 spiro atoms. The Bertz CT molecular complexity index is 1330. The molecule has 2 N–H and O–H groups in total. The number of nitrogens with zero attached hydrogens (tertiary/aromatic N) is 4. The van der Waals surface area contributed by atoms with Gasteiger partial charge in [-0.2, -0.15) is 5.26 Å². The molecule has 4 aromatic rings. The van der Waals surface area contributed by atoms with Gasteiger partial charge < -0.3 is 15.0 Å². The molecular formula is C29H31N5O2. The molecule has 7 nitrogen and oxygen atoms in total. The predicted molar refractivity (Wildman–Crippen MR) is 141 cm³/mol. The van der Waals surface area contributed by atoms with Crippen LogP contribution in [-0.4, -0.2) is 51.7 Å². The smallest absolute Gasteiger partial charge is 0.335 e. The number of imidazole rings is 1. The fraction of sp³-hybridized carbons (Fsp3) is 0.276. The van der Waals surface area contributed by atoms with Gasteiger partial charge in [-0.1, -0.05) is 42.5 Å². The van der Waals surface area contributed by atoms with Gasteiger partial charge in [-0.3, -0.25) is 4.90 Å². The van der Waals surface area contributed by atoms with Crippen molar-refractivity contribution in [2.75, 3.05) is 26.2 Å². The Balaban J connectivity index is 0.000000197. The zero-order chi connectivity index (χ0) is 25.3. The number of hydrogen-bond acceptors (Lipinski definition) is 5. The second-order valence-corrected chi connectivity index (χ2v) is 8.92. The maximum Gasteiger partial charge on any atom is 0.335 e. The van der Waals surface area contributed by atoms with Crippen LogP contribution in [0.2, 0.25) is 0 Å². The number of carboxylic acids is 1. The second kappa shape index (κ2) is 12.1. The number of carbonyl (C=O) groups is 1. The number of nitrogens with one attached hydrogen (secondary N) is 1. The average molecular weight is 482 g/mol. The highest BCUT2D eigenvalue weighted by molar-refractivity contribution is 5.92. The highest BCUT2D eigenvalue weighted by atomic mass is 16.4. The van der Waals surface area contributed by atoms with Crippen molar-refractivity contribution < 1.29 is 9.90 Å². The fourth-order valence-electron chi connectivity index (χ4n) is 4.32. The van der Waals surface area contributed by atoms with E-state index in [4.69, 9.17) is 10.4 Å². The van der Waals surface area contributed by atoms with Crippen LogP contribution in [0.3, 0.4) is 0 Å². The van der Waals surface area contributed by atoms with Gasteiger partial charge in [-0.15, -0.1) is 0 Å². The Labute approximate surface area is 211 Å². The predicted octanol–water partition coefficient (Wildman–Crippen LogP) is 4.02. The van der Waals surface area contributed by atoms with Crippen LogP contribution < -0.4 is 5.32 Å². The van der Waals surface area contributed by atoms with E-state index in [-0.39, 0.29) is 5.56 Å². The summed E-state index contributed by atoms with van der Waals surface area (Å²) in [6.45, 7) is 5.71. The fourth-order valence-corrected chi connectivity index (χ4v) is 4.32. The number of hydrogen-bond donors (Lipinski definition) is 2. The number of aromatic carboxylic acids is 1. The molecule has 0 aliphatic carbocycles. The van der Waals surface area contributed by atoms with E-state index in [1.807, 2.05) is 35.9 Å². The Kier molecular flexibility index (Phi) is 8.45. The molecule has 0 amide bonds. The van der Waals surface area contributed by atoms with Crippen LogP contribution in [0.5, 0.6) is 0 Å². The summed E-state index contributed by atoms with van der Waals surface area (Å²) in [6.07, 6.45) is 1.56. The minimum Gasteiger partial charge on any atom is -0.478 e. The van der Waals surface area contributed by atoms with Crippen LogP contribution in [0.15, 0.2) is 72.8 Å². The number of nitriles is 1. The number of aromatic nitrogens is 2. The third-order valence-corrected chi connectivity index (χ3v) is 6.40. The minimum atomic E-state index is -0.948. The van der Waals surface area contributed by atoms with E-state index in [9.17, 15) is 4.79 Å². The number of carboxylic acid groups (broad SMARTS) is 1. The first-order valence-electron chi connectivity index (χ1n) is 12.2. The van der Waals surface area contributed by atoms with E-state index < -0.39 is 5.97 Å². The molecule has 0 radical (unpaired) electrons. The van der Waals surface area contributed by atoms with Crippen LogP contribution in [0.1, 0.15) is 32.9 Å². The summed E-state index contributed by atoms with van der Waals surface area (Å²) in [4.78, 5) is 18.1. The molecule has 1 aliphatic heterocycles. The van der Waals surface area contributed by atoms with Crippen molar-refractivity contribution in [1.29, 1.82) is 5.26 Å². The SMILES string of the molecule is Cn1c(CCc2ccc(C#N)cc2)nc2cc(C(=O)O)ccc21.c1ccc(CN2CCNCC2)cc1. The number of rotatable bonds is 6. The van der Waals surface area contributed by atoms with Crippen molar-refractivity contribution in [3.05, 3.63) is 101 Å². The lowest BCUT2D eigenvalue weighted by Crippen LogP contribution is -2.42. The van der Waals surface area contributed by atoms with Crippen LogP contribution in [0.25, 0.3) is 11.0 Å². The Morgan fingerprint density at radius 1 is 1.00 bits per heavy atom. The monoisotopic (exact) mass is 481 g/mol. The van der Waals surface area contributed by atoms with Crippen molar-refractivity contribution in [1.82, 2.24) is 19.8 Å². The normalized spacial score (nSPS) is 13.6. The number of piperazine rings is 1. The molecule has 1 aliphatic rings. The van der Waals surface area contributed by atoms with Crippen molar-refractivity contribution in [2.45, 2.75) is 19.4 Å². The Morgan fingerprint density at radius 3 is 2.39 bits per heavy atom. The highest BCUT2D eigenvalue weighted by Crippen LogP contribution is 2.18. The number of benzene rings is 3. The molecular weight excluding hydrogens is 450 g/mol. The van der Waals surface area contributed by atoms with Crippen LogP contribution >= 0.6 is 0 Å². The molecule has 2 heterocycles. The Hall–Kier alpha value is -3.99. The molecule has 5 rings (SSSR count). The molecule has 0 unspecified atom stereocenters. The van der Waals surface area contributed by atoms with Gasteiger partial charge >= 0.3 is 5.97 Å². The van der Waals surface area contributed by atoms with Gasteiger partial charge in [0, 0.05) is 46.2 Å². The lowest BCUT2D eigenvalue weighted by Gasteiger charge is -2.27. The summed E-state index contributed by atoms with van der Waals surface area (Å²) < 4.78 is 1.99. The van der Waals surface area contributed by atoms with Crippen molar-refractivity contribution in [3.8, 4) is 6.07 Å². The van der Waals surface area contributed by atoms with E-state index in [2.05, 4.69) is 51.6 Å². The summed E-state index contributed by atoms with van der Waals surface area (Å²) in [5.41, 5.74) is 5.07. The zero-order valence-electron chi connectivity index (χ0n) is 20.5. The molecule has 0 saturated carbocycles. The van der Waals surface area contributed by atoms with E-state index in [0.29, 0.717) is 11.1 Å². The van der Waals surface area contributed by atoms with Crippen molar-refractivity contribution in [2.24, 2.45) is 7.05 Å². The lowest BCUT2D eigenvalue weighted by molar-refractivity contribution is 0.0697. The first-order chi connectivity index (χ1) is 17.5. The third-order valence-electron chi connectivity index (χ3n) is 6.40. The van der Waals surface area contributed by atoms with Gasteiger partial charge in [-0.25, -0.2) is 9.78 Å². The third kappa shape index (κ3) is 6.57. The summed E-state index contributed by atoms with van der Waals surface area (Å²) in [6, 6.07) is 25.3. The first kappa shape index (κ1) is 25.1. The average Bonchev–Trinajstić information content (AvgIpc) is 3.24. The maximum absolute atomic E-state index is 11.0. The molecule has 3 aromatic carbocycles. The summed E-state index contributed by atoms with van der Waals surface area (Å²) in [5.74, 6) is -0.0383. The maximum atomic E-state index is 11.0. The summed E-state index contributed by atoms with van der Waals surface area (Å²) in [5, 5.41) is 21.2. The molecule has 1 fully saturated rings.